The molecule has 0 aliphatic rings. The number of likely N-dealkylation sites (N-methyl/N-ethyl adjacent to an activating group) is 1. The second kappa shape index (κ2) is 14.6. The number of amides is 2. The Balaban J connectivity index is 2.07. The Hall–Kier alpha value is -3.27. The lowest BCUT2D eigenvalue weighted by Gasteiger charge is -2.33. The summed E-state index contributed by atoms with van der Waals surface area (Å²) in [6.45, 7) is 7.60. The van der Waals surface area contributed by atoms with E-state index in [1.165, 1.54) is 17.0 Å². The molecule has 0 aliphatic heterocycles. The van der Waals surface area contributed by atoms with Crippen molar-refractivity contribution in [2.45, 2.75) is 51.6 Å². The Bertz CT molecular complexity index is 1450. The van der Waals surface area contributed by atoms with Crippen LogP contribution in [-0.2, 0) is 26.2 Å². The molecular weight excluding hydrogens is 585 g/mol. The minimum Gasteiger partial charge on any atom is -0.494 e. The highest BCUT2D eigenvalue weighted by molar-refractivity contribution is 7.92. The van der Waals surface area contributed by atoms with Gasteiger partial charge in [-0.1, -0.05) is 53.9 Å². The molecule has 3 aromatic rings. The summed E-state index contributed by atoms with van der Waals surface area (Å²) in [6.07, 6.45) is 0.312. The van der Waals surface area contributed by atoms with Crippen molar-refractivity contribution in [1.82, 2.24) is 10.2 Å². The Kier molecular flexibility index (Phi) is 11.5. The summed E-state index contributed by atoms with van der Waals surface area (Å²) in [7, 11) is -4.17. The summed E-state index contributed by atoms with van der Waals surface area (Å²) < 4.78 is 34.5. The Labute approximate surface area is 252 Å². The van der Waals surface area contributed by atoms with Crippen molar-refractivity contribution in [3.63, 3.8) is 0 Å². The maximum atomic E-state index is 14.0. The second-order valence-electron chi connectivity index (χ2n) is 9.34. The standard InChI is InChI=1S/C30H35Cl2N3O5S/c1-5-28(30(37)33-6-2)34(19-22-10-17-26(31)27(32)18-22)29(36)20-35(23-11-13-24(14-12-23)40-7-3)41(38,39)25-15-8-21(4)9-16-25/h8-18,28H,5-7,19-20H2,1-4H3,(H,33,37). The molecule has 0 aliphatic carbocycles. The van der Waals surface area contributed by atoms with E-state index in [1.54, 1.807) is 68.4 Å². The van der Waals surface area contributed by atoms with Gasteiger partial charge in [-0.25, -0.2) is 8.42 Å². The van der Waals surface area contributed by atoms with Gasteiger partial charge in [0.2, 0.25) is 11.8 Å². The monoisotopic (exact) mass is 619 g/mol. The van der Waals surface area contributed by atoms with E-state index in [4.69, 9.17) is 27.9 Å². The van der Waals surface area contributed by atoms with Gasteiger partial charge in [0.1, 0.15) is 18.3 Å². The van der Waals surface area contributed by atoms with Crippen LogP contribution in [0.4, 0.5) is 5.69 Å². The molecule has 220 valence electrons. The van der Waals surface area contributed by atoms with Crippen LogP contribution in [-0.4, -0.2) is 50.9 Å². The van der Waals surface area contributed by atoms with Crippen LogP contribution < -0.4 is 14.4 Å². The molecule has 3 aromatic carbocycles. The molecular formula is C30H35Cl2N3O5S. The summed E-state index contributed by atoms with van der Waals surface area (Å²) >= 11 is 12.3. The van der Waals surface area contributed by atoms with Gasteiger partial charge in [0.25, 0.3) is 10.0 Å². The van der Waals surface area contributed by atoms with Gasteiger partial charge < -0.3 is 15.0 Å². The van der Waals surface area contributed by atoms with E-state index >= 15 is 0 Å². The van der Waals surface area contributed by atoms with Gasteiger partial charge in [-0.05, 0) is 81.3 Å². The van der Waals surface area contributed by atoms with E-state index < -0.39 is 28.5 Å². The summed E-state index contributed by atoms with van der Waals surface area (Å²) in [6, 6.07) is 17.0. The second-order valence-corrected chi connectivity index (χ2v) is 12.0. The van der Waals surface area contributed by atoms with E-state index in [0.29, 0.717) is 40.9 Å². The maximum absolute atomic E-state index is 14.0. The number of nitrogens with one attached hydrogen (secondary N) is 1. The first kappa shape index (κ1) is 32.2. The van der Waals surface area contributed by atoms with Crippen molar-refractivity contribution in [2.75, 3.05) is 24.0 Å². The van der Waals surface area contributed by atoms with E-state index in [-0.39, 0.29) is 23.0 Å². The molecule has 0 bridgehead atoms. The van der Waals surface area contributed by atoms with Gasteiger partial charge in [-0.3, -0.25) is 13.9 Å². The molecule has 1 unspecified atom stereocenters. The predicted octanol–water partition coefficient (Wildman–Crippen LogP) is 5.84. The van der Waals surface area contributed by atoms with Crippen LogP contribution in [0.1, 0.15) is 38.3 Å². The lowest BCUT2D eigenvalue weighted by atomic mass is 10.1. The van der Waals surface area contributed by atoms with Gasteiger partial charge in [0, 0.05) is 13.1 Å². The topological polar surface area (TPSA) is 96.0 Å². The highest BCUT2D eigenvalue weighted by Crippen LogP contribution is 2.28. The molecule has 2 amide bonds. The smallest absolute Gasteiger partial charge is 0.264 e. The fraction of sp³-hybridized carbons (Fsp3) is 0.333. The zero-order valence-corrected chi connectivity index (χ0v) is 25.9. The Morgan fingerprint density at radius 1 is 0.927 bits per heavy atom. The highest BCUT2D eigenvalue weighted by atomic mass is 35.5. The molecule has 3 rings (SSSR count). The quantitative estimate of drug-likeness (QED) is 0.259. The van der Waals surface area contributed by atoms with Crippen LogP contribution in [0.15, 0.2) is 71.6 Å². The first-order chi connectivity index (χ1) is 19.5. The van der Waals surface area contributed by atoms with Gasteiger partial charge in [0.15, 0.2) is 0 Å². The fourth-order valence-corrected chi connectivity index (χ4v) is 6.02. The fourth-order valence-electron chi connectivity index (χ4n) is 4.29. The number of carbonyl (C=O) groups excluding carboxylic acids is 2. The minimum atomic E-state index is -4.17. The van der Waals surface area contributed by atoms with Crippen LogP contribution in [0.5, 0.6) is 5.75 Å². The molecule has 0 heterocycles. The van der Waals surface area contributed by atoms with Gasteiger partial charge in [-0.15, -0.1) is 0 Å². The van der Waals surface area contributed by atoms with Crippen LogP contribution in [0, 0.1) is 6.92 Å². The third-order valence-corrected chi connectivity index (χ3v) is 8.92. The Morgan fingerprint density at radius 3 is 2.15 bits per heavy atom. The number of ether oxygens (including phenoxy) is 1. The Morgan fingerprint density at radius 2 is 1.59 bits per heavy atom. The predicted molar refractivity (Wildman–Crippen MR) is 163 cm³/mol. The van der Waals surface area contributed by atoms with Crippen molar-refractivity contribution in [3.8, 4) is 5.75 Å². The number of rotatable bonds is 13. The van der Waals surface area contributed by atoms with E-state index in [2.05, 4.69) is 5.32 Å². The normalized spacial score (nSPS) is 12.0. The average molecular weight is 621 g/mol. The van der Waals surface area contributed by atoms with E-state index in [9.17, 15) is 18.0 Å². The molecule has 8 nitrogen and oxygen atoms in total. The van der Waals surface area contributed by atoms with Crippen LogP contribution in [0.25, 0.3) is 0 Å². The van der Waals surface area contributed by atoms with Crippen LogP contribution in [0.2, 0.25) is 10.0 Å². The van der Waals surface area contributed by atoms with Gasteiger partial charge in [0.05, 0.1) is 27.2 Å². The zero-order valence-electron chi connectivity index (χ0n) is 23.6. The number of sulfonamides is 1. The van der Waals surface area contributed by atoms with E-state index in [0.717, 1.165) is 9.87 Å². The van der Waals surface area contributed by atoms with Gasteiger partial charge in [-0.2, -0.15) is 0 Å². The molecule has 0 aromatic heterocycles. The molecule has 1 atom stereocenters. The number of nitrogens with zero attached hydrogens (tertiary/aromatic N) is 2. The third kappa shape index (κ3) is 8.15. The van der Waals surface area contributed by atoms with Crippen molar-refractivity contribution in [1.29, 1.82) is 0 Å². The van der Waals surface area contributed by atoms with E-state index in [1.807, 2.05) is 13.8 Å². The molecule has 0 radical (unpaired) electrons. The molecule has 0 saturated carbocycles. The molecule has 0 fully saturated rings. The largest absolute Gasteiger partial charge is 0.494 e. The molecule has 41 heavy (non-hydrogen) atoms. The lowest BCUT2D eigenvalue weighted by molar-refractivity contribution is -0.140. The first-order valence-corrected chi connectivity index (χ1v) is 15.5. The van der Waals surface area contributed by atoms with Crippen LogP contribution in [0.3, 0.4) is 0 Å². The number of hydrogen-bond donors (Lipinski definition) is 1. The zero-order chi connectivity index (χ0) is 30.2. The SMILES string of the molecule is CCNC(=O)C(CC)N(Cc1ccc(Cl)c(Cl)c1)C(=O)CN(c1ccc(OCC)cc1)S(=O)(=O)c1ccc(C)cc1. The minimum absolute atomic E-state index is 0.0209. The average Bonchev–Trinajstić information content (AvgIpc) is 2.94. The van der Waals surface area contributed by atoms with Gasteiger partial charge >= 0.3 is 0 Å². The van der Waals surface area contributed by atoms with Crippen molar-refractivity contribution < 1.29 is 22.7 Å². The van der Waals surface area contributed by atoms with Crippen molar-refractivity contribution >= 4 is 50.7 Å². The number of carbonyl (C=O) groups is 2. The number of anilines is 1. The molecule has 11 heteroatoms. The van der Waals surface area contributed by atoms with Crippen molar-refractivity contribution in [3.05, 3.63) is 87.9 Å². The molecule has 0 saturated heterocycles. The first-order valence-electron chi connectivity index (χ1n) is 13.3. The third-order valence-electron chi connectivity index (χ3n) is 6.40. The summed E-state index contributed by atoms with van der Waals surface area (Å²) in [4.78, 5) is 28.5. The summed E-state index contributed by atoms with van der Waals surface area (Å²) in [5.41, 5.74) is 1.82. The van der Waals surface area contributed by atoms with Crippen molar-refractivity contribution in [2.24, 2.45) is 0 Å². The number of hydrogen-bond acceptors (Lipinski definition) is 5. The summed E-state index contributed by atoms with van der Waals surface area (Å²) in [5, 5.41) is 3.44. The number of halogens is 2. The molecule has 0 spiro atoms. The number of aryl methyl sites for hydroxylation is 1. The lowest BCUT2D eigenvalue weighted by Crippen LogP contribution is -2.52. The highest BCUT2D eigenvalue weighted by Gasteiger charge is 2.33. The molecule has 1 N–H and O–H groups in total. The summed E-state index contributed by atoms with van der Waals surface area (Å²) in [5.74, 6) is -0.324. The maximum Gasteiger partial charge on any atom is 0.264 e. The number of benzene rings is 3. The van der Waals surface area contributed by atoms with Crippen LogP contribution >= 0.6 is 23.2 Å².